The zero-order valence-corrected chi connectivity index (χ0v) is 10.6. The molecule has 2 rings (SSSR count). The molecule has 1 aliphatic rings. The Morgan fingerprint density at radius 1 is 1.28 bits per heavy atom. The topological polar surface area (TPSA) is 52.9 Å². The number of amides is 1. The molecule has 1 fully saturated rings. The molecular weight excluding hydrogens is 248 g/mol. The fourth-order valence-corrected chi connectivity index (χ4v) is 2.27. The maximum Gasteiger partial charge on any atom is 0.266 e. The van der Waals surface area contributed by atoms with Crippen molar-refractivity contribution in [3.05, 3.63) is 40.4 Å². The summed E-state index contributed by atoms with van der Waals surface area (Å²) in [5, 5.41) is 12.3. The van der Waals surface area contributed by atoms with Gasteiger partial charge in [-0.3, -0.25) is 4.79 Å². The molecule has 3 nitrogen and oxygen atoms in total. The van der Waals surface area contributed by atoms with Gasteiger partial charge in [0.2, 0.25) is 0 Å². The van der Waals surface area contributed by atoms with Crippen LogP contribution >= 0.6 is 11.6 Å². The van der Waals surface area contributed by atoms with Crippen molar-refractivity contribution in [1.82, 2.24) is 0 Å². The van der Waals surface area contributed by atoms with Gasteiger partial charge >= 0.3 is 0 Å². The molecule has 0 unspecified atom stereocenters. The number of benzene rings is 1. The molecule has 0 saturated heterocycles. The number of nitriles is 1. The van der Waals surface area contributed by atoms with Crippen LogP contribution in [-0.4, -0.2) is 5.91 Å². The second kappa shape index (κ2) is 5.70. The highest BCUT2D eigenvalue weighted by atomic mass is 35.5. The van der Waals surface area contributed by atoms with Gasteiger partial charge < -0.3 is 5.32 Å². The van der Waals surface area contributed by atoms with Gasteiger partial charge in [-0.25, -0.2) is 0 Å². The van der Waals surface area contributed by atoms with Crippen molar-refractivity contribution in [3.63, 3.8) is 0 Å². The Labute approximate surface area is 111 Å². The highest BCUT2D eigenvalue weighted by Gasteiger charge is 2.19. The Morgan fingerprint density at radius 2 is 1.94 bits per heavy atom. The van der Waals surface area contributed by atoms with E-state index in [9.17, 15) is 4.79 Å². The number of allylic oxidation sites excluding steroid dienone is 1. The van der Waals surface area contributed by atoms with E-state index in [1.807, 2.05) is 6.07 Å². The van der Waals surface area contributed by atoms with Gasteiger partial charge in [0.05, 0.1) is 10.7 Å². The van der Waals surface area contributed by atoms with Crippen molar-refractivity contribution in [2.24, 2.45) is 0 Å². The van der Waals surface area contributed by atoms with Crippen LogP contribution in [0.15, 0.2) is 35.4 Å². The Morgan fingerprint density at radius 3 is 2.56 bits per heavy atom. The van der Waals surface area contributed by atoms with E-state index < -0.39 is 0 Å². The number of rotatable bonds is 2. The zero-order valence-electron chi connectivity index (χ0n) is 9.87. The number of hydrogen-bond acceptors (Lipinski definition) is 2. The average Bonchev–Trinajstić information content (AvgIpc) is 2.87. The van der Waals surface area contributed by atoms with Gasteiger partial charge in [0, 0.05) is 0 Å². The second-order valence-electron chi connectivity index (χ2n) is 4.23. The molecule has 1 aromatic carbocycles. The van der Waals surface area contributed by atoms with E-state index in [0.29, 0.717) is 10.7 Å². The van der Waals surface area contributed by atoms with E-state index in [4.69, 9.17) is 16.9 Å². The fourth-order valence-electron chi connectivity index (χ4n) is 2.09. The number of hydrogen-bond donors (Lipinski definition) is 1. The summed E-state index contributed by atoms with van der Waals surface area (Å²) in [5.41, 5.74) is 1.74. The molecule has 92 valence electrons. The van der Waals surface area contributed by atoms with Crippen LogP contribution in [0.25, 0.3) is 0 Å². The van der Waals surface area contributed by atoms with Gasteiger partial charge in [0.1, 0.15) is 11.6 Å². The molecule has 1 aromatic rings. The Bertz CT molecular complexity index is 535. The third kappa shape index (κ3) is 2.72. The lowest BCUT2D eigenvalue weighted by atomic mass is 10.1. The molecule has 0 aliphatic heterocycles. The lowest BCUT2D eigenvalue weighted by Crippen LogP contribution is -2.15. The summed E-state index contributed by atoms with van der Waals surface area (Å²) in [6, 6.07) is 9.00. The van der Waals surface area contributed by atoms with Gasteiger partial charge in [-0.05, 0) is 43.4 Å². The number of anilines is 1. The summed E-state index contributed by atoms with van der Waals surface area (Å²) >= 11 is 5.96. The van der Waals surface area contributed by atoms with Gasteiger partial charge in [-0.15, -0.1) is 0 Å². The predicted octanol–water partition coefficient (Wildman–Crippen LogP) is 3.67. The SMILES string of the molecule is N#CC(C(=O)Nc1ccccc1Cl)=C1CCCC1. The van der Waals surface area contributed by atoms with Crippen LogP contribution < -0.4 is 5.32 Å². The lowest BCUT2D eigenvalue weighted by Gasteiger charge is -2.07. The van der Waals surface area contributed by atoms with Crippen molar-refractivity contribution in [3.8, 4) is 6.07 Å². The number of carbonyl (C=O) groups is 1. The maximum absolute atomic E-state index is 12.0. The van der Waals surface area contributed by atoms with Crippen molar-refractivity contribution < 1.29 is 4.79 Å². The van der Waals surface area contributed by atoms with Gasteiger partial charge in [0.15, 0.2) is 0 Å². The third-order valence-electron chi connectivity index (χ3n) is 3.02. The van der Waals surface area contributed by atoms with Crippen LogP contribution in [0.3, 0.4) is 0 Å². The molecule has 0 bridgehead atoms. The van der Waals surface area contributed by atoms with Crippen molar-refractivity contribution in [1.29, 1.82) is 5.26 Å². The highest BCUT2D eigenvalue weighted by Crippen LogP contribution is 2.28. The van der Waals surface area contributed by atoms with E-state index in [1.165, 1.54) is 0 Å². The molecule has 0 aromatic heterocycles. The number of halogens is 1. The molecule has 1 N–H and O–H groups in total. The maximum atomic E-state index is 12.0. The van der Waals surface area contributed by atoms with Crippen LogP contribution in [0.2, 0.25) is 5.02 Å². The first-order chi connectivity index (χ1) is 8.72. The second-order valence-corrected chi connectivity index (χ2v) is 4.64. The summed E-state index contributed by atoms with van der Waals surface area (Å²) in [6.07, 6.45) is 3.80. The Balaban J connectivity index is 2.20. The van der Waals surface area contributed by atoms with E-state index >= 15 is 0 Å². The lowest BCUT2D eigenvalue weighted by molar-refractivity contribution is -0.112. The first-order valence-electron chi connectivity index (χ1n) is 5.90. The minimum Gasteiger partial charge on any atom is -0.320 e. The number of carbonyl (C=O) groups excluding carboxylic acids is 1. The first kappa shape index (κ1) is 12.7. The number of nitrogens with one attached hydrogen (secondary N) is 1. The largest absolute Gasteiger partial charge is 0.320 e. The predicted molar refractivity (Wildman–Crippen MR) is 71.2 cm³/mol. The number of nitrogens with zero attached hydrogens (tertiary/aromatic N) is 1. The van der Waals surface area contributed by atoms with Crippen molar-refractivity contribution in [2.75, 3.05) is 5.32 Å². The quantitative estimate of drug-likeness (QED) is 0.651. The van der Waals surface area contributed by atoms with Crippen LogP contribution in [0.1, 0.15) is 25.7 Å². The van der Waals surface area contributed by atoms with E-state index in [-0.39, 0.29) is 11.5 Å². The van der Waals surface area contributed by atoms with Crippen LogP contribution in [0.4, 0.5) is 5.69 Å². The minimum absolute atomic E-state index is 0.243. The van der Waals surface area contributed by atoms with Crippen molar-refractivity contribution >= 4 is 23.2 Å². The molecule has 0 heterocycles. The molecule has 18 heavy (non-hydrogen) atoms. The van der Waals surface area contributed by atoms with Gasteiger partial charge in [-0.1, -0.05) is 23.7 Å². The van der Waals surface area contributed by atoms with Gasteiger partial charge in [0.25, 0.3) is 5.91 Å². The van der Waals surface area contributed by atoms with Crippen molar-refractivity contribution in [2.45, 2.75) is 25.7 Å². The fraction of sp³-hybridized carbons (Fsp3) is 0.286. The van der Waals surface area contributed by atoms with Crippen LogP contribution in [0, 0.1) is 11.3 Å². The Kier molecular flexibility index (Phi) is 4.01. The molecule has 1 aliphatic carbocycles. The summed E-state index contributed by atoms with van der Waals surface area (Å²) in [7, 11) is 0. The molecule has 1 amide bonds. The van der Waals surface area contributed by atoms with E-state index in [0.717, 1.165) is 31.3 Å². The molecule has 1 saturated carbocycles. The molecule has 0 atom stereocenters. The summed E-state index contributed by atoms with van der Waals surface area (Å²) in [6.45, 7) is 0. The molecular formula is C14H13ClN2O. The van der Waals surface area contributed by atoms with E-state index in [2.05, 4.69) is 5.32 Å². The molecule has 0 radical (unpaired) electrons. The zero-order chi connectivity index (χ0) is 13.0. The monoisotopic (exact) mass is 260 g/mol. The summed E-state index contributed by atoms with van der Waals surface area (Å²) in [4.78, 5) is 12.0. The normalized spacial score (nSPS) is 14.1. The average molecular weight is 261 g/mol. The molecule has 4 heteroatoms. The third-order valence-corrected chi connectivity index (χ3v) is 3.35. The molecule has 0 spiro atoms. The van der Waals surface area contributed by atoms with E-state index in [1.54, 1.807) is 24.3 Å². The smallest absolute Gasteiger partial charge is 0.266 e. The van der Waals surface area contributed by atoms with Crippen LogP contribution in [0.5, 0.6) is 0 Å². The summed E-state index contributed by atoms with van der Waals surface area (Å²) < 4.78 is 0. The minimum atomic E-state index is -0.359. The Hall–Kier alpha value is -1.79. The first-order valence-corrected chi connectivity index (χ1v) is 6.28. The van der Waals surface area contributed by atoms with Crippen LogP contribution in [-0.2, 0) is 4.79 Å². The highest BCUT2D eigenvalue weighted by molar-refractivity contribution is 6.34. The van der Waals surface area contributed by atoms with Gasteiger partial charge in [-0.2, -0.15) is 5.26 Å². The standard InChI is InChI=1S/C14H13ClN2O/c15-12-7-3-4-8-13(12)17-14(18)11(9-16)10-5-1-2-6-10/h3-4,7-8H,1-2,5-6H2,(H,17,18). The summed E-state index contributed by atoms with van der Waals surface area (Å²) in [5.74, 6) is -0.359. The number of para-hydroxylation sites is 1.